The predicted octanol–water partition coefficient (Wildman–Crippen LogP) is 0.779. The third-order valence-electron chi connectivity index (χ3n) is 3.46. The molecule has 0 radical (unpaired) electrons. The molecule has 17 heavy (non-hydrogen) atoms. The smallest absolute Gasteiger partial charge is 0.140 e. The summed E-state index contributed by atoms with van der Waals surface area (Å²) in [6.07, 6.45) is 5.44. The summed E-state index contributed by atoms with van der Waals surface area (Å²) < 4.78 is 1.87. The lowest BCUT2D eigenvalue weighted by Crippen LogP contribution is -2.38. The van der Waals surface area contributed by atoms with E-state index in [1.807, 2.05) is 11.7 Å². The van der Waals surface area contributed by atoms with Crippen LogP contribution < -0.4 is 5.32 Å². The van der Waals surface area contributed by atoms with E-state index in [0.29, 0.717) is 6.04 Å². The molecule has 0 bridgehead atoms. The number of nitrogens with one attached hydrogen (secondary N) is 1. The Balaban J connectivity index is 1.84. The lowest BCUT2D eigenvalue weighted by atomic mass is 10.2. The van der Waals surface area contributed by atoms with Crippen molar-refractivity contribution < 1.29 is 0 Å². The minimum atomic E-state index is 0.665. The van der Waals surface area contributed by atoms with Crippen LogP contribution in [-0.2, 0) is 13.6 Å². The molecular weight excluding hydrogens is 214 g/mol. The Morgan fingerprint density at radius 2 is 2.41 bits per heavy atom. The highest BCUT2D eigenvalue weighted by Gasteiger charge is 2.24. The van der Waals surface area contributed by atoms with Crippen molar-refractivity contribution in [2.24, 2.45) is 7.05 Å². The molecule has 5 heteroatoms. The quantitative estimate of drug-likeness (QED) is 0.743. The molecule has 1 fully saturated rings. The fraction of sp³-hybridized carbons (Fsp3) is 0.833. The predicted molar refractivity (Wildman–Crippen MR) is 67.6 cm³/mol. The molecule has 1 aromatic rings. The lowest BCUT2D eigenvalue weighted by Gasteiger charge is -2.24. The maximum absolute atomic E-state index is 4.30. The SMILES string of the molecule is CCCNCC1CCCN1Cc1ncnn1C. The highest BCUT2D eigenvalue weighted by molar-refractivity contribution is 4.89. The van der Waals surface area contributed by atoms with Gasteiger partial charge in [-0.3, -0.25) is 9.58 Å². The number of nitrogens with zero attached hydrogens (tertiary/aromatic N) is 4. The van der Waals surface area contributed by atoms with Crippen molar-refractivity contribution >= 4 is 0 Å². The Kier molecular flexibility index (Phi) is 4.50. The summed E-state index contributed by atoms with van der Waals surface area (Å²) in [5.41, 5.74) is 0. The van der Waals surface area contributed by atoms with Gasteiger partial charge in [-0.2, -0.15) is 5.10 Å². The van der Waals surface area contributed by atoms with Gasteiger partial charge in [0.15, 0.2) is 0 Å². The molecule has 96 valence electrons. The number of hydrogen-bond donors (Lipinski definition) is 1. The first-order valence-corrected chi connectivity index (χ1v) is 6.59. The molecule has 0 saturated carbocycles. The zero-order valence-corrected chi connectivity index (χ0v) is 10.9. The molecule has 0 aromatic carbocycles. The molecule has 5 nitrogen and oxygen atoms in total. The van der Waals surface area contributed by atoms with Gasteiger partial charge in [0.25, 0.3) is 0 Å². The van der Waals surface area contributed by atoms with Crippen molar-refractivity contribution in [1.82, 2.24) is 25.0 Å². The lowest BCUT2D eigenvalue weighted by molar-refractivity contribution is 0.231. The standard InChI is InChI=1S/C12H23N5/c1-3-6-13-8-11-5-4-7-17(11)9-12-14-10-15-16(12)2/h10-11,13H,3-9H2,1-2H3. The highest BCUT2D eigenvalue weighted by Crippen LogP contribution is 2.18. The molecule has 2 heterocycles. The minimum absolute atomic E-state index is 0.665. The number of likely N-dealkylation sites (tertiary alicyclic amines) is 1. The molecule has 1 aliphatic heterocycles. The summed E-state index contributed by atoms with van der Waals surface area (Å²) in [5, 5.41) is 7.64. The largest absolute Gasteiger partial charge is 0.315 e. The maximum atomic E-state index is 4.30. The molecule has 1 aromatic heterocycles. The van der Waals surface area contributed by atoms with E-state index in [-0.39, 0.29) is 0 Å². The van der Waals surface area contributed by atoms with Crippen LogP contribution in [0.25, 0.3) is 0 Å². The van der Waals surface area contributed by atoms with Gasteiger partial charge in [0.1, 0.15) is 12.2 Å². The molecule has 1 saturated heterocycles. The number of aryl methyl sites for hydroxylation is 1. The third kappa shape index (κ3) is 3.26. The van der Waals surface area contributed by atoms with Gasteiger partial charge < -0.3 is 5.32 Å². The van der Waals surface area contributed by atoms with Gasteiger partial charge in [0, 0.05) is 19.6 Å². The minimum Gasteiger partial charge on any atom is -0.315 e. The molecule has 1 unspecified atom stereocenters. The Hall–Kier alpha value is -0.940. The van der Waals surface area contributed by atoms with Gasteiger partial charge in [-0.15, -0.1) is 0 Å². The Bertz CT molecular complexity index is 335. The van der Waals surface area contributed by atoms with E-state index in [1.54, 1.807) is 6.33 Å². The van der Waals surface area contributed by atoms with Crippen molar-refractivity contribution in [3.63, 3.8) is 0 Å². The van der Waals surface area contributed by atoms with Crippen molar-refractivity contribution in [3.8, 4) is 0 Å². The topological polar surface area (TPSA) is 46.0 Å². The number of rotatable bonds is 6. The zero-order valence-electron chi connectivity index (χ0n) is 10.9. The summed E-state index contributed by atoms with van der Waals surface area (Å²) in [6, 6.07) is 0.665. The zero-order chi connectivity index (χ0) is 12.1. The van der Waals surface area contributed by atoms with Crippen molar-refractivity contribution in [1.29, 1.82) is 0 Å². The Morgan fingerprint density at radius 3 is 3.12 bits per heavy atom. The first-order valence-electron chi connectivity index (χ1n) is 6.59. The summed E-state index contributed by atoms with van der Waals surface area (Å²) >= 11 is 0. The van der Waals surface area contributed by atoms with Gasteiger partial charge in [0.2, 0.25) is 0 Å². The van der Waals surface area contributed by atoms with Crippen LogP contribution in [0.2, 0.25) is 0 Å². The van der Waals surface area contributed by atoms with Gasteiger partial charge in [-0.1, -0.05) is 6.92 Å². The van der Waals surface area contributed by atoms with Crippen LogP contribution in [0.15, 0.2) is 6.33 Å². The van der Waals surface area contributed by atoms with Crippen LogP contribution in [0, 0.1) is 0 Å². The van der Waals surface area contributed by atoms with E-state index in [4.69, 9.17) is 0 Å². The summed E-state index contributed by atoms with van der Waals surface area (Å²) in [7, 11) is 1.96. The Morgan fingerprint density at radius 1 is 1.53 bits per heavy atom. The molecule has 0 aliphatic carbocycles. The highest BCUT2D eigenvalue weighted by atomic mass is 15.3. The van der Waals surface area contributed by atoms with Crippen LogP contribution in [0.5, 0.6) is 0 Å². The number of hydrogen-bond acceptors (Lipinski definition) is 4. The van der Waals surface area contributed by atoms with Crippen LogP contribution in [-0.4, -0.2) is 45.3 Å². The van der Waals surface area contributed by atoms with Crippen LogP contribution in [0.4, 0.5) is 0 Å². The average molecular weight is 237 g/mol. The van der Waals surface area contributed by atoms with E-state index in [1.165, 1.54) is 25.8 Å². The van der Waals surface area contributed by atoms with Gasteiger partial charge in [-0.05, 0) is 32.4 Å². The Labute approximate surface area is 103 Å². The van der Waals surface area contributed by atoms with E-state index in [9.17, 15) is 0 Å². The molecule has 1 atom stereocenters. The summed E-state index contributed by atoms with van der Waals surface area (Å²) in [5.74, 6) is 1.06. The van der Waals surface area contributed by atoms with Crippen LogP contribution >= 0.6 is 0 Å². The molecular formula is C12H23N5. The number of aromatic nitrogens is 3. The monoisotopic (exact) mass is 237 g/mol. The second-order valence-corrected chi connectivity index (χ2v) is 4.77. The molecule has 1 N–H and O–H groups in total. The fourth-order valence-electron chi connectivity index (χ4n) is 2.42. The van der Waals surface area contributed by atoms with Gasteiger partial charge >= 0.3 is 0 Å². The molecule has 0 spiro atoms. The summed E-state index contributed by atoms with van der Waals surface area (Å²) in [6.45, 7) is 6.54. The first kappa shape index (κ1) is 12.5. The van der Waals surface area contributed by atoms with Gasteiger partial charge in [-0.25, -0.2) is 4.98 Å². The summed E-state index contributed by atoms with van der Waals surface area (Å²) in [4.78, 5) is 6.82. The van der Waals surface area contributed by atoms with Crippen molar-refractivity contribution in [3.05, 3.63) is 12.2 Å². The maximum Gasteiger partial charge on any atom is 0.140 e. The molecule has 1 aliphatic rings. The fourth-order valence-corrected chi connectivity index (χ4v) is 2.42. The normalized spacial score (nSPS) is 21.2. The van der Waals surface area contributed by atoms with E-state index in [0.717, 1.165) is 25.5 Å². The average Bonchev–Trinajstić information content (AvgIpc) is 2.91. The second-order valence-electron chi connectivity index (χ2n) is 4.77. The van der Waals surface area contributed by atoms with Crippen LogP contribution in [0.1, 0.15) is 32.0 Å². The second kappa shape index (κ2) is 6.12. The van der Waals surface area contributed by atoms with Gasteiger partial charge in [0.05, 0.1) is 6.54 Å². The van der Waals surface area contributed by atoms with Crippen LogP contribution in [0.3, 0.4) is 0 Å². The first-order chi connectivity index (χ1) is 8.31. The van der Waals surface area contributed by atoms with Crippen molar-refractivity contribution in [2.45, 2.75) is 38.8 Å². The van der Waals surface area contributed by atoms with E-state index < -0.39 is 0 Å². The third-order valence-corrected chi connectivity index (χ3v) is 3.46. The van der Waals surface area contributed by atoms with E-state index in [2.05, 4.69) is 27.2 Å². The molecule has 2 rings (SSSR count). The van der Waals surface area contributed by atoms with Crippen molar-refractivity contribution in [2.75, 3.05) is 19.6 Å². The van der Waals surface area contributed by atoms with E-state index >= 15 is 0 Å². The molecule has 0 amide bonds.